The molecular weight excluding hydrogens is 862 g/mol. The average molecular weight is 913 g/mol. The van der Waals surface area contributed by atoms with Crippen LogP contribution in [0.5, 0.6) is 0 Å². The number of fused-ring (bicyclic) bond motifs is 1. The predicted octanol–water partition coefficient (Wildman–Crippen LogP) is 4.24. The Labute approximate surface area is 377 Å². The van der Waals surface area contributed by atoms with Gasteiger partial charge in [0, 0.05) is 68.7 Å². The van der Waals surface area contributed by atoms with E-state index >= 15 is 0 Å². The Morgan fingerprint density at radius 1 is 0.803 bits per heavy atom. The number of rotatable bonds is 12. The van der Waals surface area contributed by atoms with Crippen LogP contribution >= 0.6 is 0 Å². The molecular formula is C45H51F3N12O6. The number of nitrogens with one attached hydrogen (secondary N) is 3. The van der Waals surface area contributed by atoms with Gasteiger partial charge in [-0.05, 0) is 48.9 Å². The lowest BCUT2D eigenvalue weighted by atomic mass is 9.91. The van der Waals surface area contributed by atoms with Crippen molar-refractivity contribution in [1.82, 2.24) is 44.9 Å². The van der Waals surface area contributed by atoms with Gasteiger partial charge in [-0.2, -0.15) is 28.2 Å². The highest BCUT2D eigenvalue weighted by molar-refractivity contribution is 5.85. The van der Waals surface area contributed by atoms with Crippen LogP contribution in [0.4, 0.5) is 35.5 Å². The topological polar surface area (TPSA) is 232 Å². The van der Waals surface area contributed by atoms with E-state index in [9.17, 15) is 33.3 Å². The average Bonchev–Trinajstić information content (AvgIpc) is 4.15. The fraction of sp³-hybridized carbons (Fsp3) is 0.400. The highest BCUT2D eigenvalue weighted by atomic mass is 19.4. The summed E-state index contributed by atoms with van der Waals surface area (Å²) in [5.41, 5.74) is 4.00. The molecule has 9 rings (SSSR count). The molecule has 348 valence electrons. The minimum absolute atomic E-state index is 0.0134. The van der Waals surface area contributed by atoms with E-state index in [0.717, 1.165) is 42.9 Å². The second-order valence-corrected chi connectivity index (χ2v) is 16.6. The number of pyridine rings is 1. The highest BCUT2D eigenvalue weighted by Crippen LogP contribution is 2.40. The van der Waals surface area contributed by atoms with Crippen LogP contribution in [0.15, 0.2) is 104 Å². The Morgan fingerprint density at radius 2 is 1.42 bits per heavy atom. The van der Waals surface area contributed by atoms with Crippen LogP contribution in [0.1, 0.15) is 60.4 Å². The van der Waals surface area contributed by atoms with E-state index in [0.29, 0.717) is 61.0 Å². The maximum Gasteiger partial charge on any atom is 0.490 e. The summed E-state index contributed by atoms with van der Waals surface area (Å²) < 4.78 is 35.2. The van der Waals surface area contributed by atoms with Crippen molar-refractivity contribution >= 4 is 40.7 Å². The summed E-state index contributed by atoms with van der Waals surface area (Å²) in [6, 6.07) is 25.3. The molecule has 4 aromatic heterocycles. The van der Waals surface area contributed by atoms with E-state index in [2.05, 4.69) is 60.1 Å². The molecule has 2 aromatic carbocycles. The number of amides is 2. The molecule has 3 aliphatic rings. The van der Waals surface area contributed by atoms with Crippen LogP contribution < -0.4 is 25.8 Å². The smallest absolute Gasteiger partial charge is 0.475 e. The van der Waals surface area contributed by atoms with E-state index < -0.39 is 36.4 Å². The second kappa shape index (κ2) is 20.1. The summed E-state index contributed by atoms with van der Waals surface area (Å²) in [6.45, 7) is 3.15. The quantitative estimate of drug-likeness (QED) is 0.0911. The van der Waals surface area contributed by atoms with E-state index in [-0.39, 0.29) is 30.6 Å². The van der Waals surface area contributed by atoms with E-state index in [4.69, 9.17) is 24.9 Å². The Hall–Kier alpha value is -6.84. The Morgan fingerprint density at radius 3 is 2.05 bits per heavy atom. The summed E-state index contributed by atoms with van der Waals surface area (Å²) in [5.74, 6) is -0.750. The number of hydrogen-bond donors (Lipinski definition) is 7. The first-order valence-electron chi connectivity index (χ1n) is 21.7. The summed E-state index contributed by atoms with van der Waals surface area (Å²) in [6.07, 6.45) is 2.15. The van der Waals surface area contributed by atoms with E-state index in [1.54, 1.807) is 29.6 Å². The molecule has 2 amide bonds. The molecule has 2 aliphatic heterocycles. The Balaban J connectivity index is 0.000000785. The largest absolute Gasteiger partial charge is 0.490 e. The molecule has 5 atom stereocenters. The summed E-state index contributed by atoms with van der Waals surface area (Å²) in [4.78, 5) is 45.9. The number of imidazole rings is 1. The van der Waals surface area contributed by atoms with Crippen LogP contribution in [0.2, 0.25) is 0 Å². The summed E-state index contributed by atoms with van der Waals surface area (Å²) in [7, 11) is 0. The number of piperidine rings is 1. The fourth-order valence-electron chi connectivity index (χ4n) is 8.84. The molecule has 18 nitrogen and oxygen atoms in total. The van der Waals surface area contributed by atoms with Gasteiger partial charge in [-0.1, -0.05) is 66.7 Å². The number of aliphatic hydroxyl groups excluding tert-OH is 3. The minimum Gasteiger partial charge on any atom is -0.475 e. The lowest BCUT2D eigenvalue weighted by Gasteiger charge is -2.33. The van der Waals surface area contributed by atoms with Gasteiger partial charge in [0.25, 0.3) is 0 Å². The first-order valence-corrected chi connectivity index (χ1v) is 21.7. The number of aromatic nitrogens is 7. The zero-order valence-electron chi connectivity index (χ0n) is 35.7. The summed E-state index contributed by atoms with van der Waals surface area (Å²) >= 11 is 0. The highest BCUT2D eigenvalue weighted by Gasteiger charge is 2.45. The maximum absolute atomic E-state index is 13.3. The van der Waals surface area contributed by atoms with Crippen molar-refractivity contribution in [2.45, 2.75) is 80.8 Å². The molecule has 6 aromatic rings. The number of benzene rings is 2. The number of carboxylic acid groups (broad SMARTS) is 1. The summed E-state index contributed by atoms with van der Waals surface area (Å²) in [5, 5.41) is 53.8. The molecule has 3 fully saturated rings. The number of nitrogens with zero attached hydrogens (tertiary/aromatic N) is 9. The van der Waals surface area contributed by atoms with Gasteiger partial charge < -0.3 is 50.7 Å². The van der Waals surface area contributed by atoms with Crippen LogP contribution in [-0.4, -0.2) is 130 Å². The monoisotopic (exact) mass is 912 g/mol. The molecule has 0 spiro atoms. The molecule has 2 saturated heterocycles. The van der Waals surface area contributed by atoms with Crippen molar-refractivity contribution in [2.24, 2.45) is 0 Å². The number of urea groups is 1. The number of aliphatic hydroxyl groups is 3. The van der Waals surface area contributed by atoms with E-state index in [1.165, 1.54) is 0 Å². The molecule has 1 saturated carbocycles. The molecule has 1 aliphatic carbocycles. The Kier molecular flexibility index (Phi) is 13.9. The number of carbonyl (C=O) groups is 2. The third kappa shape index (κ3) is 10.5. The molecule has 0 bridgehead atoms. The number of carboxylic acids is 1. The lowest BCUT2D eigenvalue weighted by molar-refractivity contribution is -0.192. The fourth-order valence-corrected chi connectivity index (χ4v) is 8.84. The van der Waals surface area contributed by atoms with Crippen molar-refractivity contribution in [3.63, 3.8) is 0 Å². The van der Waals surface area contributed by atoms with Gasteiger partial charge >= 0.3 is 18.2 Å². The van der Waals surface area contributed by atoms with Gasteiger partial charge in [0.15, 0.2) is 17.0 Å². The number of carbonyl (C=O) groups excluding carboxylic acids is 1. The molecule has 21 heteroatoms. The maximum atomic E-state index is 13.3. The van der Waals surface area contributed by atoms with Crippen molar-refractivity contribution in [1.29, 1.82) is 0 Å². The van der Waals surface area contributed by atoms with Gasteiger partial charge in [0.2, 0.25) is 5.95 Å². The van der Waals surface area contributed by atoms with Crippen LogP contribution in [0.3, 0.4) is 0 Å². The standard InChI is InChI=1S/C43H50N12O4.C2HF3O2/c56-26-28-22-47-55(24-28)35-21-34(38(57)39(35)58)54-27-46-37-40(45-23-33(29-9-3-1-4-10-29)30-11-5-2-6-12-30)50-42(51-41(37)54)53-20-16-32(25-53)49-43(59)48-31-14-18-52(19-15-31)36-13-7-8-17-44-36;3-2(4,5)1(6)7/h1-13,17,22,24,27,31-35,38-39,56-58H,14-16,18-21,23,25-26H2,(H,45,50,51)(H2,48,49,59);(H,6,7)/t32-,34-,35+,38+,39-;/m1./s1. The third-order valence-corrected chi connectivity index (χ3v) is 12.3. The molecule has 7 N–H and O–H groups in total. The third-order valence-electron chi connectivity index (χ3n) is 12.3. The molecule has 0 radical (unpaired) electrons. The van der Waals surface area contributed by atoms with Crippen molar-refractivity contribution < 1.29 is 43.2 Å². The first kappa shape index (κ1) is 45.7. The van der Waals surface area contributed by atoms with Gasteiger partial charge in [-0.15, -0.1) is 0 Å². The second-order valence-electron chi connectivity index (χ2n) is 16.6. The van der Waals surface area contributed by atoms with E-state index in [1.807, 2.05) is 59.2 Å². The normalized spacial score (nSPS) is 21.2. The van der Waals surface area contributed by atoms with Crippen molar-refractivity contribution in [3.05, 3.63) is 120 Å². The van der Waals surface area contributed by atoms with Gasteiger partial charge in [0.1, 0.15) is 18.0 Å². The van der Waals surface area contributed by atoms with Crippen LogP contribution in [0, 0.1) is 0 Å². The number of alkyl halides is 3. The zero-order chi connectivity index (χ0) is 46.4. The minimum atomic E-state index is -5.08. The SMILES string of the molecule is O=C(NC1CCN(c2ccccn2)CC1)N[C@@H]1CCN(c2nc(NCC(c3ccccc3)c3ccccc3)c3ncn([C@@H]4C[C@H](n5cc(CO)cn5)[C@@H](O)[C@H]4O)c3n2)C1.O=C(O)C(F)(F)F. The van der Waals surface area contributed by atoms with Crippen molar-refractivity contribution in [2.75, 3.05) is 47.8 Å². The number of halogens is 3. The van der Waals surface area contributed by atoms with Crippen molar-refractivity contribution in [3.8, 4) is 0 Å². The van der Waals surface area contributed by atoms with Crippen LogP contribution in [-0.2, 0) is 11.4 Å². The molecule has 6 heterocycles. The molecule has 0 unspecified atom stereocenters. The zero-order valence-corrected chi connectivity index (χ0v) is 35.7. The van der Waals surface area contributed by atoms with Crippen LogP contribution in [0.25, 0.3) is 11.2 Å². The van der Waals surface area contributed by atoms with Gasteiger partial charge in [0.05, 0.1) is 31.2 Å². The predicted molar refractivity (Wildman–Crippen MR) is 237 cm³/mol. The molecule has 66 heavy (non-hydrogen) atoms. The first-order chi connectivity index (χ1) is 31.9. The number of anilines is 3. The number of hydrogen-bond acceptors (Lipinski definition) is 13. The van der Waals surface area contributed by atoms with Gasteiger partial charge in [-0.3, -0.25) is 4.68 Å². The Bertz CT molecular complexity index is 2500. The van der Waals surface area contributed by atoms with Gasteiger partial charge in [-0.25, -0.2) is 19.6 Å². The lowest BCUT2D eigenvalue weighted by Crippen LogP contribution is -2.50. The number of aliphatic carboxylic acids is 1.